The molecule has 0 unspecified atom stereocenters. The number of hydrogen-bond donors (Lipinski definition) is 1. The van der Waals surface area contributed by atoms with Crippen LogP contribution in [0.5, 0.6) is 0 Å². The summed E-state index contributed by atoms with van der Waals surface area (Å²) in [6.45, 7) is 1.67. The minimum Gasteiger partial charge on any atom is -0.477 e. The van der Waals surface area contributed by atoms with Crippen LogP contribution in [0.3, 0.4) is 0 Å². The van der Waals surface area contributed by atoms with E-state index in [0.717, 1.165) is 5.56 Å². The Hall–Kier alpha value is -1.84. The van der Waals surface area contributed by atoms with Gasteiger partial charge in [-0.05, 0) is 12.5 Å². The van der Waals surface area contributed by atoms with Crippen molar-refractivity contribution in [1.82, 2.24) is 0 Å². The number of carboxylic acids is 1. The topological polar surface area (TPSA) is 58.9 Å². The number of hydrogen-bond acceptors (Lipinski definition) is 3. The van der Waals surface area contributed by atoms with Crippen molar-refractivity contribution < 1.29 is 14.7 Å². The summed E-state index contributed by atoms with van der Waals surface area (Å²) >= 11 is 0. The molecule has 1 N–H and O–H groups in total. The molecule has 0 amide bonds. The fourth-order valence-corrected chi connectivity index (χ4v) is 0.817. The van der Waals surface area contributed by atoms with Crippen LogP contribution >= 0.6 is 0 Å². The van der Waals surface area contributed by atoms with E-state index < -0.39 is 5.97 Å². The van der Waals surface area contributed by atoms with Crippen LogP contribution in [0.1, 0.15) is 12.5 Å². The zero-order valence-electron chi connectivity index (χ0n) is 7.80. The third kappa shape index (κ3) is 3.26. The molecule has 0 atom stereocenters. The van der Waals surface area contributed by atoms with E-state index in [-0.39, 0.29) is 12.3 Å². The van der Waals surface area contributed by atoms with Crippen LogP contribution in [0.2, 0.25) is 0 Å². The number of carboxylic acid groups (broad SMARTS) is 1. The van der Waals surface area contributed by atoms with Crippen LogP contribution in [0, 0.1) is 0 Å². The second-order valence-corrected chi connectivity index (χ2v) is 2.74. The third-order valence-corrected chi connectivity index (χ3v) is 1.59. The van der Waals surface area contributed by atoms with E-state index in [2.05, 4.69) is 5.16 Å². The molecular formula is C10H11NO3. The van der Waals surface area contributed by atoms with E-state index in [1.54, 1.807) is 0 Å². The van der Waals surface area contributed by atoms with Crippen LogP contribution in [0.25, 0.3) is 0 Å². The predicted octanol–water partition coefficient (Wildman–Crippen LogP) is 1.66. The Morgan fingerprint density at radius 2 is 2.07 bits per heavy atom. The number of benzene rings is 1. The second-order valence-electron chi connectivity index (χ2n) is 2.74. The van der Waals surface area contributed by atoms with Gasteiger partial charge in [-0.1, -0.05) is 35.5 Å². The molecule has 0 aliphatic carbocycles. The second kappa shape index (κ2) is 5.01. The quantitative estimate of drug-likeness (QED) is 0.584. The summed E-state index contributed by atoms with van der Waals surface area (Å²) in [5.74, 6) is -1.07. The lowest BCUT2D eigenvalue weighted by molar-refractivity contribution is -0.129. The monoisotopic (exact) mass is 193 g/mol. The van der Waals surface area contributed by atoms with Crippen LogP contribution in [0.15, 0.2) is 35.5 Å². The number of aliphatic carboxylic acids is 1. The fraction of sp³-hybridized carbons (Fsp3) is 0.200. The zero-order valence-corrected chi connectivity index (χ0v) is 7.80. The van der Waals surface area contributed by atoms with Crippen LogP contribution < -0.4 is 0 Å². The maximum Gasteiger partial charge on any atom is 0.353 e. The van der Waals surface area contributed by atoms with Crippen molar-refractivity contribution >= 4 is 11.7 Å². The van der Waals surface area contributed by atoms with E-state index in [9.17, 15) is 4.79 Å². The number of rotatable bonds is 4. The molecule has 0 radical (unpaired) electrons. The molecule has 0 saturated carbocycles. The largest absolute Gasteiger partial charge is 0.477 e. The summed E-state index contributed by atoms with van der Waals surface area (Å²) in [4.78, 5) is 15.2. The molecule has 0 fully saturated rings. The summed E-state index contributed by atoms with van der Waals surface area (Å²) in [7, 11) is 0. The molecule has 74 valence electrons. The number of nitrogens with zero attached hydrogens (tertiary/aromatic N) is 1. The Labute approximate surface area is 81.8 Å². The molecule has 0 heterocycles. The van der Waals surface area contributed by atoms with Crippen molar-refractivity contribution in [3.8, 4) is 0 Å². The molecule has 1 rings (SSSR count). The fourth-order valence-electron chi connectivity index (χ4n) is 0.817. The van der Waals surface area contributed by atoms with Gasteiger partial charge in [-0.3, -0.25) is 0 Å². The molecule has 14 heavy (non-hydrogen) atoms. The summed E-state index contributed by atoms with van der Waals surface area (Å²) in [6.07, 6.45) is 0. The molecule has 0 saturated heterocycles. The van der Waals surface area contributed by atoms with E-state index >= 15 is 0 Å². The molecule has 0 aliphatic heterocycles. The van der Waals surface area contributed by atoms with Crippen molar-refractivity contribution in [2.45, 2.75) is 13.5 Å². The SMILES string of the molecule is CC(=NOCc1ccccc1)C(=O)O. The lowest BCUT2D eigenvalue weighted by Gasteiger charge is -1.99. The number of carbonyl (C=O) groups is 1. The Morgan fingerprint density at radius 1 is 1.43 bits per heavy atom. The molecule has 0 aliphatic rings. The first-order valence-electron chi connectivity index (χ1n) is 4.14. The minimum absolute atomic E-state index is 0.0547. The smallest absolute Gasteiger partial charge is 0.353 e. The summed E-state index contributed by atoms with van der Waals surface area (Å²) < 4.78 is 0. The number of oxime groups is 1. The minimum atomic E-state index is -1.07. The van der Waals surface area contributed by atoms with Crippen molar-refractivity contribution in [3.05, 3.63) is 35.9 Å². The van der Waals surface area contributed by atoms with Gasteiger partial charge in [-0.2, -0.15) is 0 Å². The van der Waals surface area contributed by atoms with Gasteiger partial charge in [0.05, 0.1) is 0 Å². The lowest BCUT2D eigenvalue weighted by Crippen LogP contribution is -2.08. The normalized spacial score (nSPS) is 11.1. The van der Waals surface area contributed by atoms with Gasteiger partial charge in [-0.15, -0.1) is 0 Å². The summed E-state index contributed by atoms with van der Waals surface area (Å²) in [5, 5.41) is 11.9. The van der Waals surface area contributed by atoms with Gasteiger partial charge in [0.2, 0.25) is 0 Å². The van der Waals surface area contributed by atoms with Gasteiger partial charge in [-0.25, -0.2) is 4.79 Å². The van der Waals surface area contributed by atoms with Gasteiger partial charge >= 0.3 is 5.97 Å². The van der Waals surface area contributed by atoms with E-state index in [1.807, 2.05) is 30.3 Å². The molecule has 1 aromatic carbocycles. The molecule has 4 heteroatoms. The first kappa shape index (κ1) is 10.2. The van der Waals surface area contributed by atoms with Crippen molar-refractivity contribution in [2.75, 3.05) is 0 Å². The van der Waals surface area contributed by atoms with Crippen molar-refractivity contribution in [2.24, 2.45) is 5.16 Å². The van der Waals surface area contributed by atoms with Crippen LogP contribution in [0.4, 0.5) is 0 Å². The van der Waals surface area contributed by atoms with Crippen LogP contribution in [-0.4, -0.2) is 16.8 Å². The predicted molar refractivity (Wildman–Crippen MR) is 52.0 cm³/mol. The lowest BCUT2D eigenvalue weighted by atomic mass is 10.2. The maximum absolute atomic E-state index is 10.3. The van der Waals surface area contributed by atoms with E-state index in [4.69, 9.17) is 9.94 Å². The average molecular weight is 193 g/mol. The zero-order chi connectivity index (χ0) is 10.4. The molecular weight excluding hydrogens is 182 g/mol. The van der Waals surface area contributed by atoms with Gasteiger partial charge in [0.1, 0.15) is 6.61 Å². The molecule has 1 aromatic rings. The highest BCUT2D eigenvalue weighted by molar-refractivity contribution is 6.34. The molecule has 0 spiro atoms. The first-order valence-corrected chi connectivity index (χ1v) is 4.14. The Bertz CT molecular complexity index is 332. The van der Waals surface area contributed by atoms with Gasteiger partial charge in [0, 0.05) is 0 Å². The van der Waals surface area contributed by atoms with Crippen molar-refractivity contribution in [1.29, 1.82) is 0 Å². The van der Waals surface area contributed by atoms with Gasteiger partial charge in [0.25, 0.3) is 0 Å². The molecule has 0 aromatic heterocycles. The highest BCUT2D eigenvalue weighted by Crippen LogP contribution is 2.00. The van der Waals surface area contributed by atoms with Gasteiger partial charge < -0.3 is 9.94 Å². The summed E-state index contributed by atoms with van der Waals surface area (Å²) in [5.41, 5.74) is 0.898. The standard InChI is InChI=1S/C10H11NO3/c1-8(10(12)13)11-14-7-9-5-3-2-4-6-9/h2-6H,7H2,1H3,(H,12,13). The first-order chi connectivity index (χ1) is 6.70. The summed E-state index contributed by atoms with van der Waals surface area (Å²) in [6, 6.07) is 9.42. The highest BCUT2D eigenvalue weighted by Gasteiger charge is 2.01. The molecule has 4 nitrogen and oxygen atoms in total. The maximum atomic E-state index is 10.3. The molecule has 0 bridgehead atoms. The Kier molecular flexibility index (Phi) is 3.67. The van der Waals surface area contributed by atoms with Crippen molar-refractivity contribution in [3.63, 3.8) is 0 Å². The van der Waals surface area contributed by atoms with E-state index in [0.29, 0.717) is 0 Å². The third-order valence-electron chi connectivity index (χ3n) is 1.59. The van der Waals surface area contributed by atoms with E-state index in [1.165, 1.54) is 6.92 Å². The average Bonchev–Trinajstić information content (AvgIpc) is 2.19. The Balaban J connectivity index is 2.43. The highest BCUT2D eigenvalue weighted by atomic mass is 16.6. The van der Waals surface area contributed by atoms with Crippen LogP contribution in [-0.2, 0) is 16.2 Å². The Morgan fingerprint density at radius 3 is 2.64 bits per heavy atom. The van der Waals surface area contributed by atoms with Gasteiger partial charge in [0.15, 0.2) is 5.71 Å².